The molecule has 1 aromatic heterocycles. The fourth-order valence-corrected chi connectivity index (χ4v) is 17.8. The Labute approximate surface area is 273 Å². The predicted octanol–water partition coefficient (Wildman–Crippen LogP) is 11.4. The highest BCUT2D eigenvalue weighted by atomic mass is 28.3. The predicted molar refractivity (Wildman–Crippen MR) is 198 cm³/mol. The van der Waals surface area contributed by atoms with Crippen LogP contribution in [0, 0.1) is 23.7 Å². The Kier molecular flexibility index (Phi) is 6.71. The van der Waals surface area contributed by atoms with Gasteiger partial charge in [0.1, 0.15) is 8.24 Å². The molecule has 0 spiro atoms. The number of nitrogens with zero attached hydrogens (tertiary/aromatic N) is 2. The summed E-state index contributed by atoms with van der Waals surface area (Å²) in [7, 11) is -1.90. The third-order valence-electron chi connectivity index (χ3n) is 12.1. The first-order valence-corrected chi connectivity index (χ1v) is 20.4. The second-order valence-corrected chi connectivity index (χ2v) is 22.0. The zero-order valence-corrected chi connectivity index (χ0v) is 30.8. The first kappa shape index (κ1) is 30.8. The molecule has 0 saturated heterocycles. The summed E-state index contributed by atoms with van der Waals surface area (Å²) in [5.41, 5.74) is 10.7. The summed E-state index contributed by atoms with van der Waals surface area (Å²) < 4.78 is 5.44. The molecule has 1 heterocycles. The van der Waals surface area contributed by atoms with Crippen molar-refractivity contribution in [2.75, 3.05) is 0 Å². The Balaban J connectivity index is 1.37. The summed E-state index contributed by atoms with van der Waals surface area (Å²) >= 11 is 0. The van der Waals surface area contributed by atoms with Crippen molar-refractivity contribution < 1.29 is 0 Å². The van der Waals surface area contributed by atoms with Crippen LogP contribution in [-0.2, 0) is 5.41 Å². The van der Waals surface area contributed by atoms with Gasteiger partial charge in [0.05, 0.1) is 11.0 Å². The lowest BCUT2D eigenvalue weighted by Gasteiger charge is -2.57. The summed E-state index contributed by atoms with van der Waals surface area (Å²) in [6.45, 7) is 30.1. The summed E-state index contributed by atoms with van der Waals surface area (Å²) in [5, 5.41) is 2.64. The molecule has 7 rings (SSSR count). The fraction of sp³-hybridized carbons (Fsp3) is 0.476. The highest BCUT2D eigenvalue weighted by molar-refractivity contribution is 6.76. The minimum atomic E-state index is -1.90. The van der Waals surface area contributed by atoms with Gasteiger partial charge in [0.25, 0.3) is 0 Å². The fourth-order valence-electron chi connectivity index (χ4n) is 11.2. The molecule has 45 heavy (non-hydrogen) atoms. The van der Waals surface area contributed by atoms with Crippen LogP contribution in [0.5, 0.6) is 0 Å². The van der Waals surface area contributed by atoms with Gasteiger partial charge in [0.2, 0.25) is 0 Å². The van der Waals surface area contributed by atoms with Crippen LogP contribution in [0.2, 0.25) is 18.6 Å². The van der Waals surface area contributed by atoms with Crippen molar-refractivity contribution in [3.8, 4) is 5.69 Å². The minimum Gasteiger partial charge on any atom is -0.314 e. The zero-order valence-electron chi connectivity index (χ0n) is 29.8. The quantitative estimate of drug-likeness (QED) is 0.208. The Bertz CT molecular complexity index is 1820. The van der Waals surface area contributed by atoms with Crippen molar-refractivity contribution in [3.05, 3.63) is 95.6 Å². The Morgan fingerprint density at radius 3 is 1.82 bits per heavy atom. The van der Waals surface area contributed by atoms with Crippen LogP contribution >= 0.6 is 0 Å². The molecule has 4 aromatic rings. The van der Waals surface area contributed by atoms with Crippen molar-refractivity contribution in [2.24, 2.45) is 23.7 Å². The average molecular weight is 615 g/mol. The molecular formula is C42H54N2Si. The van der Waals surface area contributed by atoms with Crippen molar-refractivity contribution in [1.29, 1.82) is 0 Å². The number of para-hydroxylation sites is 2. The van der Waals surface area contributed by atoms with E-state index in [1.54, 1.807) is 5.57 Å². The molecule has 3 aliphatic carbocycles. The highest BCUT2D eigenvalue weighted by Crippen LogP contribution is 2.63. The van der Waals surface area contributed by atoms with E-state index in [0.29, 0.717) is 29.2 Å². The topological polar surface area (TPSA) is 8.17 Å². The minimum absolute atomic E-state index is 0.0300. The van der Waals surface area contributed by atoms with Gasteiger partial charge in [-0.1, -0.05) is 95.4 Å². The largest absolute Gasteiger partial charge is 0.314 e. The van der Waals surface area contributed by atoms with Crippen LogP contribution in [0.1, 0.15) is 80.4 Å². The van der Waals surface area contributed by atoms with E-state index in [4.69, 9.17) is 0 Å². The first-order chi connectivity index (χ1) is 21.0. The van der Waals surface area contributed by atoms with Gasteiger partial charge in [0, 0.05) is 33.0 Å². The first-order valence-electron chi connectivity index (χ1n) is 17.3. The second-order valence-electron chi connectivity index (χ2n) is 17.6. The van der Waals surface area contributed by atoms with Crippen LogP contribution in [0.15, 0.2) is 84.5 Å². The molecule has 2 nitrogen and oxygen atoms in total. The molecule has 0 aliphatic heterocycles. The number of aromatic nitrogens is 1. The molecular weight excluding hydrogens is 561 g/mol. The van der Waals surface area contributed by atoms with Crippen LogP contribution in [-0.4, -0.2) is 28.4 Å². The molecule has 0 N–H and O–H groups in total. The van der Waals surface area contributed by atoms with Crippen LogP contribution in [0.3, 0.4) is 0 Å². The maximum atomic E-state index is 2.96. The molecule has 0 radical (unpaired) electrons. The monoisotopic (exact) mass is 614 g/mol. The summed E-state index contributed by atoms with van der Waals surface area (Å²) in [4.78, 5) is 0. The van der Waals surface area contributed by atoms with Gasteiger partial charge in [-0.2, -0.15) is 0 Å². The molecule has 1 fully saturated rings. The Morgan fingerprint density at radius 2 is 1.27 bits per heavy atom. The smallest absolute Gasteiger partial charge is 0.127 e. The third kappa shape index (κ3) is 4.36. The van der Waals surface area contributed by atoms with Crippen LogP contribution < -0.4 is 0 Å². The molecule has 3 aliphatic rings. The SMILES string of the molecule is CC1C(C)C([Si](C)(C)N(C(C)(C)C)C(C)(C)C)C2C=C3C(=CC12)C(C)(C)c1cc(-n2c4ccccc4c4ccccc42)ccc13. The average Bonchev–Trinajstić information content (AvgIpc) is 3.49. The molecule has 3 aromatic carbocycles. The number of rotatable bonds is 3. The molecule has 1 saturated carbocycles. The standard InChI is InChI=1S/C42H54N2Si/c1-26-27(2)39(45(11,12)44(40(3,4)5)41(6,7)8)34-24-33-29-22-21-28(23-35(29)42(9,10)36(33)25-32(26)34)43-37-19-15-13-17-30(37)31-18-14-16-20-38(31)43/h13-27,32,34,39H,1-12H3. The third-order valence-corrected chi connectivity index (χ3v) is 17.1. The van der Waals surface area contributed by atoms with Crippen molar-refractivity contribution in [2.45, 2.75) is 104 Å². The summed E-state index contributed by atoms with van der Waals surface area (Å²) in [6.07, 6.45) is 5.53. The van der Waals surface area contributed by atoms with Gasteiger partial charge < -0.3 is 9.13 Å². The zero-order chi connectivity index (χ0) is 32.4. The lowest BCUT2D eigenvalue weighted by atomic mass is 9.75. The highest BCUT2D eigenvalue weighted by Gasteiger charge is 2.58. The normalized spacial score (nSPS) is 26.2. The van der Waals surface area contributed by atoms with E-state index in [0.717, 1.165) is 0 Å². The van der Waals surface area contributed by atoms with Crippen LogP contribution in [0.4, 0.5) is 0 Å². The van der Waals surface area contributed by atoms with E-state index in [1.165, 1.54) is 44.2 Å². The van der Waals surface area contributed by atoms with Crippen LogP contribution in [0.25, 0.3) is 33.1 Å². The van der Waals surface area contributed by atoms with E-state index >= 15 is 0 Å². The van der Waals surface area contributed by atoms with Gasteiger partial charge >= 0.3 is 0 Å². The summed E-state index contributed by atoms with van der Waals surface area (Å²) in [6, 6.07) is 25.0. The van der Waals surface area contributed by atoms with E-state index < -0.39 is 8.24 Å². The van der Waals surface area contributed by atoms with E-state index in [2.05, 4.69) is 170 Å². The van der Waals surface area contributed by atoms with Gasteiger partial charge in [-0.25, -0.2) is 0 Å². The van der Waals surface area contributed by atoms with Gasteiger partial charge in [-0.15, -0.1) is 0 Å². The molecule has 0 amide bonds. The second kappa shape index (κ2) is 9.81. The lowest BCUT2D eigenvalue weighted by molar-refractivity contribution is 0.121. The van der Waals surface area contributed by atoms with Gasteiger partial charge in [0.15, 0.2) is 0 Å². The Morgan fingerprint density at radius 1 is 0.711 bits per heavy atom. The number of allylic oxidation sites excluding steroid dienone is 4. The van der Waals surface area contributed by atoms with Crippen molar-refractivity contribution in [1.82, 2.24) is 9.13 Å². The van der Waals surface area contributed by atoms with E-state index in [1.807, 2.05) is 0 Å². The lowest BCUT2D eigenvalue weighted by Crippen LogP contribution is -2.67. The number of fused-ring (bicyclic) bond motifs is 7. The van der Waals surface area contributed by atoms with E-state index in [9.17, 15) is 0 Å². The van der Waals surface area contributed by atoms with Crippen molar-refractivity contribution >= 4 is 35.6 Å². The maximum Gasteiger partial charge on any atom is 0.127 e. The number of benzene rings is 3. The molecule has 3 heteroatoms. The number of hydrogen-bond acceptors (Lipinski definition) is 1. The van der Waals surface area contributed by atoms with E-state index in [-0.39, 0.29) is 16.5 Å². The molecule has 0 bridgehead atoms. The molecule has 5 atom stereocenters. The maximum absolute atomic E-state index is 2.96. The number of hydrogen-bond donors (Lipinski definition) is 0. The van der Waals surface area contributed by atoms with Gasteiger partial charge in [-0.05, 0) is 117 Å². The molecule has 236 valence electrons. The molecule has 5 unspecified atom stereocenters. The Hall–Kier alpha value is -2.88. The summed E-state index contributed by atoms with van der Waals surface area (Å²) in [5.74, 6) is 2.55. The van der Waals surface area contributed by atoms with Crippen molar-refractivity contribution in [3.63, 3.8) is 0 Å². The van der Waals surface area contributed by atoms with Gasteiger partial charge in [-0.3, -0.25) is 0 Å².